The molecule has 2 aromatic carbocycles. The van der Waals surface area contributed by atoms with Gasteiger partial charge in [-0.3, -0.25) is 19.2 Å². The number of hydrogen-bond acceptors (Lipinski definition) is 5. The molecule has 8 nitrogen and oxygen atoms in total. The summed E-state index contributed by atoms with van der Waals surface area (Å²) in [5.74, 6) is -0.483. The number of anilines is 1. The molecule has 0 saturated heterocycles. The Bertz CT molecular complexity index is 1100. The lowest BCUT2D eigenvalue weighted by Crippen LogP contribution is -2.49. The highest BCUT2D eigenvalue weighted by atomic mass is 32.2. The number of aryl methyl sites for hydroxylation is 3. The number of sulfonamides is 1. The van der Waals surface area contributed by atoms with Crippen molar-refractivity contribution >= 4 is 27.3 Å². The van der Waals surface area contributed by atoms with Crippen molar-refractivity contribution in [2.75, 3.05) is 10.6 Å². The number of nitrogens with one attached hydrogen (secondary N) is 1. The van der Waals surface area contributed by atoms with E-state index in [1.807, 2.05) is 39.0 Å². The van der Waals surface area contributed by atoms with Gasteiger partial charge in [0.25, 0.3) is 5.69 Å². The predicted octanol–water partition coefficient (Wildman–Crippen LogP) is 3.94. The third-order valence-electron chi connectivity index (χ3n) is 5.25. The molecule has 0 spiro atoms. The van der Waals surface area contributed by atoms with E-state index >= 15 is 0 Å². The van der Waals surface area contributed by atoms with Crippen LogP contribution in [0.5, 0.6) is 0 Å². The van der Waals surface area contributed by atoms with Gasteiger partial charge < -0.3 is 5.32 Å². The second-order valence-electron chi connectivity index (χ2n) is 7.79. The highest BCUT2D eigenvalue weighted by molar-refractivity contribution is 7.92. The van der Waals surface area contributed by atoms with Gasteiger partial charge in [-0.2, -0.15) is 0 Å². The first-order chi connectivity index (χ1) is 14.4. The summed E-state index contributed by atoms with van der Waals surface area (Å²) in [7, 11) is -3.90. The minimum atomic E-state index is -3.90. The van der Waals surface area contributed by atoms with Gasteiger partial charge >= 0.3 is 0 Å². The minimum absolute atomic E-state index is 0.110. The first kappa shape index (κ1) is 24.3. The molecule has 0 radical (unpaired) electrons. The molecular weight excluding hydrogens is 418 g/mol. The number of carbonyl (C=O) groups excluding carboxylic acids is 1. The second-order valence-corrected chi connectivity index (χ2v) is 9.65. The van der Waals surface area contributed by atoms with Gasteiger partial charge in [-0.05, 0) is 50.8 Å². The molecule has 31 heavy (non-hydrogen) atoms. The Balaban J connectivity index is 2.42. The number of nitro groups is 1. The van der Waals surface area contributed by atoms with Crippen LogP contribution in [0.25, 0.3) is 0 Å². The normalized spacial score (nSPS) is 13.4. The average molecular weight is 448 g/mol. The molecule has 2 aromatic rings. The third kappa shape index (κ3) is 5.61. The standard InChI is InChI=1S/C22H29N3O5S/c1-7-20(19-11-8-14(2)12-16(19)4)23-22(26)17(5)24(31(6,29)30)21-13-18(25(27)28)10-9-15(21)3/h8-13,17,20H,7H2,1-6H3,(H,23,26)/t17-,20-/m0/s1. The SMILES string of the molecule is CC[C@H](NC(=O)[C@H](C)N(c1cc([N+](=O)[O-])ccc1C)S(C)(=O)=O)c1ccc(C)cc1C. The number of non-ortho nitro benzene ring substituents is 1. The first-order valence-corrected chi connectivity index (χ1v) is 11.8. The van der Waals surface area contributed by atoms with E-state index < -0.39 is 26.9 Å². The van der Waals surface area contributed by atoms with E-state index in [1.54, 1.807) is 6.92 Å². The fraction of sp³-hybridized carbons (Fsp3) is 0.409. The maximum absolute atomic E-state index is 13.1. The zero-order valence-electron chi connectivity index (χ0n) is 18.7. The summed E-state index contributed by atoms with van der Waals surface area (Å²) >= 11 is 0. The molecular formula is C22H29N3O5S. The number of amides is 1. The summed E-state index contributed by atoms with van der Waals surface area (Å²) in [6.45, 7) is 9.02. The minimum Gasteiger partial charge on any atom is -0.347 e. The van der Waals surface area contributed by atoms with Crippen molar-refractivity contribution in [3.63, 3.8) is 0 Å². The van der Waals surface area contributed by atoms with Crippen LogP contribution in [-0.4, -0.2) is 31.5 Å². The van der Waals surface area contributed by atoms with Crippen LogP contribution in [0.3, 0.4) is 0 Å². The first-order valence-electron chi connectivity index (χ1n) is 9.98. The average Bonchev–Trinajstić information content (AvgIpc) is 2.66. The van der Waals surface area contributed by atoms with Crippen LogP contribution in [0.1, 0.15) is 48.6 Å². The topological polar surface area (TPSA) is 110 Å². The molecule has 9 heteroatoms. The summed E-state index contributed by atoms with van der Waals surface area (Å²) in [6, 6.07) is 8.53. The van der Waals surface area contributed by atoms with Crippen LogP contribution < -0.4 is 9.62 Å². The van der Waals surface area contributed by atoms with E-state index in [-0.39, 0.29) is 17.4 Å². The summed E-state index contributed by atoms with van der Waals surface area (Å²) in [5, 5.41) is 14.1. The van der Waals surface area contributed by atoms with E-state index in [0.717, 1.165) is 27.3 Å². The van der Waals surface area contributed by atoms with Gasteiger partial charge in [0.1, 0.15) is 6.04 Å². The number of nitro benzene ring substituents is 1. The van der Waals surface area contributed by atoms with Crippen LogP contribution >= 0.6 is 0 Å². The maximum Gasteiger partial charge on any atom is 0.271 e. The highest BCUT2D eigenvalue weighted by Crippen LogP contribution is 2.30. The Hall–Kier alpha value is -2.94. The summed E-state index contributed by atoms with van der Waals surface area (Å²) in [4.78, 5) is 23.7. The molecule has 0 aliphatic rings. The second kappa shape index (κ2) is 9.47. The Morgan fingerprint density at radius 3 is 2.29 bits per heavy atom. The van der Waals surface area contributed by atoms with Crippen LogP contribution in [0, 0.1) is 30.9 Å². The molecule has 0 aliphatic heterocycles. The smallest absolute Gasteiger partial charge is 0.271 e. The van der Waals surface area contributed by atoms with E-state index in [0.29, 0.717) is 12.0 Å². The van der Waals surface area contributed by atoms with Crippen LogP contribution in [0.4, 0.5) is 11.4 Å². The fourth-order valence-corrected chi connectivity index (χ4v) is 4.86. The molecule has 168 valence electrons. The lowest BCUT2D eigenvalue weighted by molar-refractivity contribution is -0.384. The largest absolute Gasteiger partial charge is 0.347 e. The van der Waals surface area contributed by atoms with Gasteiger partial charge in [0, 0.05) is 12.1 Å². The van der Waals surface area contributed by atoms with Crippen molar-refractivity contribution in [2.24, 2.45) is 0 Å². The molecule has 0 fully saturated rings. The summed E-state index contributed by atoms with van der Waals surface area (Å²) in [6.07, 6.45) is 1.60. The molecule has 2 atom stereocenters. The van der Waals surface area contributed by atoms with E-state index in [1.165, 1.54) is 25.1 Å². The quantitative estimate of drug-likeness (QED) is 0.487. The molecule has 0 aromatic heterocycles. The lowest BCUT2D eigenvalue weighted by Gasteiger charge is -2.31. The Kier molecular flexibility index (Phi) is 7.43. The van der Waals surface area contributed by atoms with Gasteiger partial charge in [0.2, 0.25) is 15.9 Å². The maximum atomic E-state index is 13.1. The van der Waals surface area contributed by atoms with E-state index in [9.17, 15) is 23.3 Å². The van der Waals surface area contributed by atoms with Crippen molar-refractivity contribution in [1.82, 2.24) is 5.32 Å². The number of carbonyl (C=O) groups is 1. The Morgan fingerprint density at radius 2 is 1.77 bits per heavy atom. The molecule has 0 bridgehead atoms. The molecule has 1 N–H and O–H groups in total. The van der Waals surface area contributed by atoms with Crippen LogP contribution in [0.2, 0.25) is 0 Å². The van der Waals surface area contributed by atoms with Gasteiger partial charge in [0.15, 0.2) is 0 Å². The lowest BCUT2D eigenvalue weighted by atomic mass is 9.97. The van der Waals surface area contributed by atoms with E-state index in [4.69, 9.17) is 0 Å². The zero-order chi connectivity index (χ0) is 23.5. The van der Waals surface area contributed by atoms with Crippen LogP contribution in [-0.2, 0) is 14.8 Å². The monoisotopic (exact) mass is 447 g/mol. The van der Waals surface area contributed by atoms with Gasteiger partial charge in [-0.25, -0.2) is 8.42 Å². The number of nitrogens with zero attached hydrogens (tertiary/aromatic N) is 2. The summed E-state index contributed by atoms with van der Waals surface area (Å²) < 4.78 is 26.2. The number of hydrogen-bond donors (Lipinski definition) is 1. The van der Waals surface area contributed by atoms with Crippen molar-refractivity contribution < 1.29 is 18.1 Å². The number of rotatable bonds is 8. The van der Waals surface area contributed by atoms with Crippen LogP contribution in [0.15, 0.2) is 36.4 Å². The van der Waals surface area contributed by atoms with E-state index in [2.05, 4.69) is 5.32 Å². The van der Waals surface area contributed by atoms with Gasteiger partial charge in [-0.1, -0.05) is 36.8 Å². The Morgan fingerprint density at radius 1 is 1.13 bits per heavy atom. The van der Waals surface area contributed by atoms with Crippen molar-refractivity contribution in [3.05, 3.63) is 68.8 Å². The molecule has 0 aliphatic carbocycles. The van der Waals surface area contributed by atoms with Crippen molar-refractivity contribution in [2.45, 2.75) is 53.1 Å². The zero-order valence-corrected chi connectivity index (χ0v) is 19.5. The molecule has 1 amide bonds. The molecule has 2 rings (SSSR count). The van der Waals surface area contributed by atoms with Crippen molar-refractivity contribution in [3.8, 4) is 0 Å². The highest BCUT2D eigenvalue weighted by Gasteiger charge is 2.32. The van der Waals surface area contributed by atoms with Gasteiger partial charge in [0.05, 0.1) is 22.9 Å². The summed E-state index contributed by atoms with van der Waals surface area (Å²) in [5.41, 5.74) is 3.49. The third-order valence-corrected chi connectivity index (χ3v) is 6.48. The fourth-order valence-electron chi connectivity index (χ4n) is 3.64. The predicted molar refractivity (Wildman–Crippen MR) is 122 cm³/mol. The molecule has 0 heterocycles. The molecule has 0 saturated carbocycles. The van der Waals surface area contributed by atoms with Gasteiger partial charge in [-0.15, -0.1) is 0 Å². The number of benzene rings is 2. The Labute approximate surface area is 183 Å². The van der Waals surface area contributed by atoms with Crippen molar-refractivity contribution in [1.29, 1.82) is 0 Å². The molecule has 0 unspecified atom stereocenters.